The summed E-state index contributed by atoms with van der Waals surface area (Å²) in [5.74, 6) is -0.455. The Hall–Kier alpha value is -1.17. The van der Waals surface area contributed by atoms with Crippen molar-refractivity contribution in [2.24, 2.45) is 0 Å². The molecule has 0 saturated carbocycles. The van der Waals surface area contributed by atoms with Crippen LogP contribution in [0, 0.1) is 5.95 Å². The molecule has 6 heteroatoms. The highest BCUT2D eigenvalue weighted by Gasteiger charge is 2.31. The van der Waals surface area contributed by atoms with Gasteiger partial charge in [0.1, 0.15) is 5.60 Å². The Labute approximate surface area is 126 Å². The number of amides is 1. The van der Waals surface area contributed by atoms with Crippen LogP contribution in [0.3, 0.4) is 0 Å². The van der Waals surface area contributed by atoms with E-state index in [9.17, 15) is 9.18 Å². The Kier molecular flexibility index (Phi) is 4.32. The van der Waals surface area contributed by atoms with Gasteiger partial charge in [-0.1, -0.05) is 0 Å². The van der Waals surface area contributed by atoms with Gasteiger partial charge in [-0.3, -0.25) is 0 Å². The summed E-state index contributed by atoms with van der Waals surface area (Å²) < 4.78 is 19.1. The first-order chi connectivity index (χ1) is 9.26. The normalized spacial score (nSPS) is 19.2. The number of rotatable bonds is 1. The third-order valence-electron chi connectivity index (χ3n) is 3.08. The van der Waals surface area contributed by atoms with E-state index in [0.717, 1.165) is 6.42 Å². The van der Waals surface area contributed by atoms with Gasteiger partial charge in [-0.25, -0.2) is 9.78 Å². The Balaban J connectivity index is 2.01. The lowest BCUT2D eigenvalue weighted by Crippen LogP contribution is -2.35. The summed E-state index contributed by atoms with van der Waals surface area (Å²) >= 11 is 3.08. The minimum Gasteiger partial charge on any atom is -0.444 e. The molecule has 1 saturated heterocycles. The van der Waals surface area contributed by atoms with Crippen LogP contribution in [0.5, 0.6) is 0 Å². The monoisotopic (exact) mass is 344 g/mol. The molecule has 1 aromatic heterocycles. The molecule has 2 rings (SSSR count). The van der Waals surface area contributed by atoms with E-state index < -0.39 is 11.5 Å². The van der Waals surface area contributed by atoms with E-state index in [1.165, 1.54) is 0 Å². The van der Waals surface area contributed by atoms with Gasteiger partial charge in [0.25, 0.3) is 0 Å². The fraction of sp³-hybridized carbons (Fsp3) is 0.571. The molecule has 110 valence electrons. The predicted octanol–water partition coefficient (Wildman–Crippen LogP) is 3.71. The largest absolute Gasteiger partial charge is 0.444 e. The van der Waals surface area contributed by atoms with Crippen LogP contribution in [0.15, 0.2) is 16.6 Å². The van der Waals surface area contributed by atoms with Crippen molar-refractivity contribution < 1.29 is 13.9 Å². The van der Waals surface area contributed by atoms with Crippen LogP contribution in [-0.2, 0) is 4.74 Å². The van der Waals surface area contributed by atoms with Crippen molar-refractivity contribution in [3.8, 4) is 0 Å². The second kappa shape index (κ2) is 5.68. The van der Waals surface area contributed by atoms with Gasteiger partial charge in [-0.05, 0) is 55.3 Å². The molecule has 1 aromatic rings. The maximum atomic E-state index is 13.4. The first-order valence-corrected chi connectivity index (χ1v) is 7.35. The molecule has 1 aliphatic heterocycles. The molecular weight excluding hydrogens is 327 g/mol. The molecule has 1 aliphatic rings. The smallest absolute Gasteiger partial charge is 0.410 e. The highest BCUT2D eigenvalue weighted by atomic mass is 79.9. The van der Waals surface area contributed by atoms with E-state index in [1.54, 1.807) is 17.0 Å². The lowest BCUT2D eigenvalue weighted by atomic mass is 10.0. The Morgan fingerprint density at radius 3 is 2.80 bits per heavy atom. The van der Waals surface area contributed by atoms with Crippen LogP contribution >= 0.6 is 15.9 Å². The highest BCUT2D eigenvalue weighted by Crippen LogP contribution is 2.28. The van der Waals surface area contributed by atoms with E-state index in [1.807, 2.05) is 20.8 Å². The van der Waals surface area contributed by atoms with E-state index >= 15 is 0 Å². The minimum absolute atomic E-state index is 0.0603. The van der Waals surface area contributed by atoms with Gasteiger partial charge in [0, 0.05) is 24.7 Å². The molecule has 20 heavy (non-hydrogen) atoms. The number of carbonyl (C=O) groups is 1. The van der Waals surface area contributed by atoms with Crippen molar-refractivity contribution in [3.63, 3.8) is 0 Å². The van der Waals surface area contributed by atoms with Crippen molar-refractivity contribution in [1.82, 2.24) is 9.88 Å². The van der Waals surface area contributed by atoms with Crippen LogP contribution in [-0.4, -0.2) is 34.7 Å². The summed E-state index contributed by atoms with van der Waals surface area (Å²) in [4.78, 5) is 17.5. The highest BCUT2D eigenvalue weighted by molar-refractivity contribution is 9.10. The SMILES string of the molecule is CC(C)(C)OC(=O)N1CCC(c2ccc(Br)c(F)n2)C1. The number of hydrogen-bond donors (Lipinski definition) is 0. The van der Waals surface area contributed by atoms with Crippen molar-refractivity contribution in [2.75, 3.05) is 13.1 Å². The third kappa shape index (κ3) is 3.69. The van der Waals surface area contributed by atoms with Gasteiger partial charge >= 0.3 is 6.09 Å². The first-order valence-electron chi connectivity index (χ1n) is 6.56. The fourth-order valence-electron chi connectivity index (χ4n) is 2.15. The summed E-state index contributed by atoms with van der Waals surface area (Å²) in [5.41, 5.74) is 0.175. The van der Waals surface area contributed by atoms with Crippen molar-refractivity contribution >= 4 is 22.0 Å². The molecule has 2 heterocycles. The predicted molar refractivity (Wildman–Crippen MR) is 77.1 cm³/mol. The molecular formula is C14H18BrFN2O2. The summed E-state index contributed by atoms with van der Waals surface area (Å²) in [5, 5.41) is 0. The Morgan fingerprint density at radius 2 is 2.20 bits per heavy atom. The lowest BCUT2D eigenvalue weighted by Gasteiger charge is -2.24. The average Bonchev–Trinajstić information content (AvgIpc) is 2.80. The minimum atomic E-state index is -0.516. The summed E-state index contributed by atoms with van der Waals surface area (Å²) in [7, 11) is 0. The summed E-state index contributed by atoms with van der Waals surface area (Å²) in [6.45, 7) is 6.64. The van der Waals surface area contributed by atoms with Crippen LogP contribution in [0.2, 0.25) is 0 Å². The van der Waals surface area contributed by atoms with Crippen LogP contribution < -0.4 is 0 Å². The quantitative estimate of drug-likeness (QED) is 0.729. The number of carbonyl (C=O) groups excluding carboxylic acids is 1. The second-order valence-corrected chi connectivity index (χ2v) is 6.78. The molecule has 0 spiro atoms. The molecule has 1 unspecified atom stereocenters. The number of halogens is 2. The maximum absolute atomic E-state index is 13.4. The summed E-state index contributed by atoms with van der Waals surface area (Å²) in [6, 6.07) is 3.43. The number of aromatic nitrogens is 1. The van der Waals surface area contributed by atoms with E-state index in [2.05, 4.69) is 20.9 Å². The van der Waals surface area contributed by atoms with Crippen molar-refractivity contribution in [2.45, 2.75) is 38.7 Å². The lowest BCUT2D eigenvalue weighted by molar-refractivity contribution is 0.0292. The first kappa shape index (κ1) is 15.2. The van der Waals surface area contributed by atoms with E-state index in [-0.39, 0.29) is 12.0 Å². The van der Waals surface area contributed by atoms with Crippen LogP contribution in [0.25, 0.3) is 0 Å². The van der Waals surface area contributed by atoms with E-state index in [4.69, 9.17) is 4.74 Å². The zero-order valence-electron chi connectivity index (χ0n) is 11.8. The van der Waals surface area contributed by atoms with Crippen LogP contribution in [0.1, 0.15) is 38.8 Å². The third-order valence-corrected chi connectivity index (χ3v) is 3.67. The standard InChI is InChI=1S/C14H18BrFN2O2/c1-14(2,3)20-13(19)18-7-6-9(8-18)11-5-4-10(15)12(16)17-11/h4-5,9H,6-8H2,1-3H3. The molecule has 0 aromatic carbocycles. The zero-order chi connectivity index (χ0) is 14.9. The topological polar surface area (TPSA) is 42.4 Å². The van der Waals surface area contributed by atoms with Gasteiger partial charge in [-0.15, -0.1) is 0 Å². The Bertz CT molecular complexity index is 516. The van der Waals surface area contributed by atoms with Crippen molar-refractivity contribution in [3.05, 3.63) is 28.2 Å². The number of nitrogens with zero attached hydrogens (tertiary/aromatic N) is 2. The molecule has 0 radical (unpaired) electrons. The average molecular weight is 345 g/mol. The second-order valence-electron chi connectivity index (χ2n) is 5.92. The molecule has 4 nitrogen and oxygen atoms in total. The molecule has 0 bridgehead atoms. The Morgan fingerprint density at radius 1 is 1.50 bits per heavy atom. The maximum Gasteiger partial charge on any atom is 0.410 e. The number of hydrogen-bond acceptors (Lipinski definition) is 3. The molecule has 0 aliphatic carbocycles. The molecule has 0 N–H and O–H groups in total. The molecule has 1 amide bonds. The molecule has 1 atom stereocenters. The fourth-order valence-corrected chi connectivity index (χ4v) is 2.37. The number of likely N-dealkylation sites (tertiary alicyclic amines) is 1. The number of ether oxygens (including phenoxy) is 1. The van der Waals surface area contributed by atoms with Gasteiger partial charge in [-0.2, -0.15) is 4.39 Å². The zero-order valence-corrected chi connectivity index (χ0v) is 13.4. The van der Waals surface area contributed by atoms with Gasteiger partial charge in [0.05, 0.1) is 4.47 Å². The van der Waals surface area contributed by atoms with Crippen LogP contribution in [0.4, 0.5) is 9.18 Å². The van der Waals surface area contributed by atoms with Crippen molar-refractivity contribution in [1.29, 1.82) is 0 Å². The van der Waals surface area contributed by atoms with E-state index in [0.29, 0.717) is 23.3 Å². The van der Waals surface area contributed by atoms with Gasteiger partial charge < -0.3 is 9.64 Å². The molecule has 1 fully saturated rings. The summed E-state index contributed by atoms with van der Waals surface area (Å²) in [6.07, 6.45) is 0.449. The van der Waals surface area contributed by atoms with Gasteiger partial charge in [0.15, 0.2) is 0 Å². The van der Waals surface area contributed by atoms with Gasteiger partial charge in [0.2, 0.25) is 5.95 Å². The number of pyridine rings is 1.